The van der Waals surface area contributed by atoms with E-state index in [1.54, 1.807) is 0 Å². The van der Waals surface area contributed by atoms with E-state index in [9.17, 15) is 19.7 Å². The maximum Gasteiger partial charge on any atom is 0.366 e. The number of carboxylic acid groups (broad SMARTS) is 1. The molecule has 0 saturated carbocycles. The molecule has 7 nitrogen and oxygen atoms in total. The van der Waals surface area contributed by atoms with E-state index in [0.717, 1.165) is 0 Å². The number of nitro groups is 1. The van der Waals surface area contributed by atoms with Gasteiger partial charge in [-0.05, 0) is 0 Å². The lowest BCUT2D eigenvalue weighted by molar-refractivity contribution is -0.565. The molecule has 7 heteroatoms. The van der Waals surface area contributed by atoms with Gasteiger partial charge < -0.3 is 9.84 Å². The normalized spacial score (nSPS) is 11.6. The first kappa shape index (κ1) is 9.34. The van der Waals surface area contributed by atoms with E-state index in [-0.39, 0.29) is 6.47 Å². The van der Waals surface area contributed by atoms with Crippen molar-refractivity contribution in [3.63, 3.8) is 0 Å². The van der Waals surface area contributed by atoms with Crippen molar-refractivity contribution < 1.29 is 24.4 Å². The van der Waals surface area contributed by atoms with E-state index in [4.69, 9.17) is 5.11 Å². The van der Waals surface area contributed by atoms with Crippen LogP contribution in [0.3, 0.4) is 0 Å². The summed E-state index contributed by atoms with van der Waals surface area (Å²) in [4.78, 5) is 28.4. The fraction of sp³-hybridized carbons (Fsp3) is 0.500. The van der Waals surface area contributed by atoms with E-state index in [2.05, 4.69) is 4.74 Å². The van der Waals surface area contributed by atoms with Gasteiger partial charge >= 0.3 is 12.2 Å². The van der Waals surface area contributed by atoms with Crippen molar-refractivity contribution in [2.24, 2.45) is 0 Å². The van der Waals surface area contributed by atoms with Gasteiger partial charge in [-0.2, -0.15) is 0 Å². The summed E-state index contributed by atoms with van der Waals surface area (Å²) in [6.07, 6.45) is -2.61. The van der Waals surface area contributed by atoms with Gasteiger partial charge in [0.2, 0.25) is 0 Å². The average molecular weight is 163 g/mol. The number of carbonyl (C=O) groups is 2. The minimum atomic E-state index is -1.79. The van der Waals surface area contributed by atoms with Crippen LogP contribution in [0.5, 0.6) is 0 Å². The first-order valence-corrected chi connectivity index (χ1v) is 2.52. The van der Waals surface area contributed by atoms with Gasteiger partial charge in [0.05, 0.1) is 4.92 Å². The van der Waals surface area contributed by atoms with E-state index in [1.807, 2.05) is 0 Å². The van der Waals surface area contributed by atoms with Crippen molar-refractivity contribution in [2.75, 3.05) is 0 Å². The van der Waals surface area contributed by atoms with Crippen LogP contribution in [-0.4, -0.2) is 28.7 Å². The number of ether oxygens (including phenoxy) is 1. The van der Waals surface area contributed by atoms with Crippen molar-refractivity contribution in [3.8, 4) is 0 Å². The van der Waals surface area contributed by atoms with Gasteiger partial charge in [0.1, 0.15) is 0 Å². The molecule has 0 aliphatic rings. The molecule has 0 aromatic rings. The highest BCUT2D eigenvalue weighted by Crippen LogP contribution is 1.96. The van der Waals surface area contributed by atoms with Crippen molar-refractivity contribution in [3.05, 3.63) is 10.1 Å². The van der Waals surface area contributed by atoms with Gasteiger partial charge in [-0.1, -0.05) is 0 Å². The average Bonchev–Trinajstić information content (AvgIpc) is 1.86. The lowest BCUT2D eigenvalue weighted by Gasteiger charge is -2.02. The SMILES string of the molecule is O=COC(CC(=O)O)[N+](=O)[O-]. The highest BCUT2D eigenvalue weighted by molar-refractivity contribution is 5.67. The Labute approximate surface area is 60.7 Å². The van der Waals surface area contributed by atoms with Crippen LogP contribution in [0.25, 0.3) is 0 Å². The van der Waals surface area contributed by atoms with Crippen molar-refractivity contribution in [1.29, 1.82) is 0 Å². The summed E-state index contributed by atoms with van der Waals surface area (Å²) >= 11 is 0. The Bertz CT molecular complexity index is 177. The smallest absolute Gasteiger partial charge is 0.366 e. The molecule has 0 bridgehead atoms. The summed E-state index contributed by atoms with van der Waals surface area (Å²) in [6.45, 7) is -0.156. The highest BCUT2D eigenvalue weighted by Gasteiger charge is 2.24. The molecule has 0 saturated heterocycles. The van der Waals surface area contributed by atoms with E-state index in [0.29, 0.717) is 0 Å². The Hall–Kier alpha value is -1.66. The molecule has 0 aromatic heterocycles. The Kier molecular flexibility index (Phi) is 3.57. The summed E-state index contributed by atoms with van der Waals surface area (Å²) in [7, 11) is 0. The second-order valence-electron chi connectivity index (χ2n) is 1.57. The molecule has 0 amide bonds. The quantitative estimate of drug-likeness (QED) is 0.247. The van der Waals surface area contributed by atoms with E-state index >= 15 is 0 Å². The van der Waals surface area contributed by atoms with Crippen LogP contribution in [-0.2, 0) is 14.3 Å². The van der Waals surface area contributed by atoms with Crippen LogP contribution in [0, 0.1) is 10.1 Å². The predicted octanol–water partition coefficient (Wildman–Crippen LogP) is -0.763. The molecule has 0 heterocycles. The first-order chi connectivity index (χ1) is 5.07. The third-order valence-corrected chi connectivity index (χ3v) is 0.797. The minimum absolute atomic E-state index is 0.156. The molecular formula is C4H5NO6. The number of hydrogen-bond acceptors (Lipinski definition) is 5. The zero-order chi connectivity index (χ0) is 8.85. The molecule has 0 spiro atoms. The van der Waals surface area contributed by atoms with Crippen LogP contribution in [0.1, 0.15) is 6.42 Å². The summed E-state index contributed by atoms with van der Waals surface area (Å²) in [5.74, 6) is -1.39. The fourth-order valence-electron chi connectivity index (χ4n) is 0.386. The zero-order valence-corrected chi connectivity index (χ0v) is 5.30. The van der Waals surface area contributed by atoms with Crippen LogP contribution < -0.4 is 0 Å². The molecule has 11 heavy (non-hydrogen) atoms. The topological polar surface area (TPSA) is 107 Å². The molecule has 0 aromatic carbocycles. The summed E-state index contributed by atoms with van der Waals surface area (Å²) in [6, 6.07) is 0. The molecule has 62 valence electrons. The van der Waals surface area contributed by atoms with Crippen molar-refractivity contribution in [2.45, 2.75) is 12.6 Å². The zero-order valence-electron chi connectivity index (χ0n) is 5.30. The lowest BCUT2D eigenvalue weighted by atomic mass is 10.4. The summed E-state index contributed by atoms with van der Waals surface area (Å²) in [5.41, 5.74) is 0. The third-order valence-electron chi connectivity index (χ3n) is 0.797. The number of rotatable bonds is 5. The van der Waals surface area contributed by atoms with E-state index in [1.165, 1.54) is 0 Å². The van der Waals surface area contributed by atoms with Crippen LogP contribution in [0.15, 0.2) is 0 Å². The van der Waals surface area contributed by atoms with Crippen molar-refractivity contribution >= 4 is 12.4 Å². The molecule has 1 atom stereocenters. The fourth-order valence-corrected chi connectivity index (χ4v) is 0.386. The van der Waals surface area contributed by atoms with E-state index < -0.39 is 23.5 Å². The molecule has 1 N–H and O–H groups in total. The molecule has 0 fully saturated rings. The van der Waals surface area contributed by atoms with Crippen molar-refractivity contribution in [1.82, 2.24) is 0 Å². The molecule has 1 unspecified atom stereocenters. The largest absolute Gasteiger partial charge is 0.481 e. The maximum atomic E-state index is 9.89. The predicted molar refractivity (Wildman–Crippen MR) is 30.2 cm³/mol. The van der Waals surface area contributed by atoms with Gasteiger partial charge in [-0.25, -0.2) is 0 Å². The Balaban J connectivity index is 3.99. The maximum absolute atomic E-state index is 9.89. The lowest BCUT2D eigenvalue weighted by Crippen LogP contribution is -2.25. The Morgan fingerprint density at radius 2 is 2.36 bits per heavy atom. The number of carbonyl (C=O) groups excluding carboxylic acids is 1. The monoisotopic (exact) mass is 163 g/mol. The van der Waals surface area contributed by atoms with Crippen LogP contribution >= 0.6 is 0 Å². The first-order valence-electron chi connectivity index (χ1n) is 2.52. The van der Waals surface area contributed by atoms with Gasteiger partial charge in [-0.3, -0.25) is 19.7 Å². The van der Waals surface area contributed by atoms with Gasteiger partial charge in [0, 0.05) is 0 Å². The number of carboxylic acids is 1. The molecule has 0 rings (SSSR count). The second-order valence-corrected chi connectivity index (χ2v) is 1.57. The molecule has 0 aliphatic heterocycles. The number of aliphatic carboxylic acids is 1. The van der Waals surface area contributed by atoms with Crippen LogP contribution in [0.4, 0.5) is 0 Å². The highest BCUT2D eigenvalue weighted by atomic mass is 16.7. The Morgan fingerprint density at radius 1 is 1.82 bits per heavy atom. The molecule has 0 aliphatic carbocycles. The Morgan fingerprint density at radius 3 is 2.64 bits per heavy atom. The number of nitrogens with zero attached hydrogens (tertiary/aromatic N) is 1. The standard InChI is InChI=1S/C4H5NO6/c6-2-11-3(5(9)10)1-4(7)8/h2-3H,1H2,(H,7,8). The third kappa shape index (κ3) is 3.84. The summed E-state index contributed by atoms with van der Waals surface area (Å²) in [5, 5.41) is 17.9. The van der Waals surface area contributed by atoms with Gasteiger partial charge in [0.25, 0.3) is 6.47 Å². The summed E-state index contributed by atoms with van der Waals surface area (Å²) < 4.78 is 3.85. The molecular weight excluding hydrogens is 158 g/mol. The minimum Gasteiger partial charge on any atom is -0.481 e. The van der Waals surface area contributed by atoms with Crippen LogP contribution in [0.2, 0.25) is 0 Å². The second kappa shape index (κ2) is 4.20. The van der Waals surface area contributed by atoms with Gasteiger partial charge in [0.15, 0.2) is 6.42 Å². The molecule has 0 radical (unpaired) electrons. The number of hydrogen-bond donors (Lipinski definition) is 1. The van der Waals surface area contributed by atoms with Gasteiger partial charge in [-0.15, -0.1) is 0 Å².